The van der Waals surface area contributed by atoms with Crippen molar-refractivity contribution >= 4 is 21.7 Å². The monoisotopic (exact) mass is 312 g/mol. The van der Waals surface area contributed by atoms with Gasteiger partial charge in [-0.2, -0.15) is 0 Å². The molecule has 1 aliphatic rings. The average Bonchev–Trinajstić information content (AvgIpc) is 2.85. The molecule has 0 aliphatic carbocycles. The van der Waals surface area contributed by atoms with Gasteiger partial charge < -0.3 is 0 Å². The maximum absolute atomic E-state index is 12.1. The topological polar surface area (TPSA) is 122 Å². The lowest BCUT2D eigenvalue weighted by molar-refractivity contribution is -0.387. The number of nitro groups is 1. The van der Waals surface area contributed by atoms with E-state index in [-0.39, 0.29) is 6.54 Å². The minimum atomic E-state index is -4.34. The molecule has 0 unspecified atom stereocenters. The van der Waals surface area contributed by atoms with Crippen LogP contribution in [-0.2, 0) is 10.0 Å². The highest BCUT2D eigenvalue weighted by atomic mass is 32.2. The number of allylic oxidation sites excluding steroid dienone is 1. The smallest absolute Gasteiger partial charge is 0.299 e. The molecule has 0 spiro atoms. The van der Waals surface area contributed by atoms with E-state index in [4.69, 9.17) is 0 Å². The van der Waals surface area contributed by atoms with Gasteiger partial charge in [0, 0.05) is 11.8 Å². The first-order chi connectivity index (χ1) is 9.81. The fraction of sp³-hybridized carbons (Fsp3) is 0.182. The number of hydrogen-bond acceptors (Lipinski definition) is 6. The van der Waals surface area contributed by atoms with Gasteiger partial charge in [-0.1, -0.05) is 12.1 Å². The summed E-state index contributed by atoms with van der Waals surface area (Å²) >= 11 is 0. The van der Waals surface area contributed by atoms with Gasteiger partial charge in [0.05, 0.1) is 11.5 Å². The van der Waals surface area contributed by atoms with Crippen LogP contribution in [0.4, 0.5) is 10.5 Å². The van der Waals surface area contributed by atoms with Crippen LogP contribution in [0, 0.1) is 10.1 Å². The predicted molar refractivity (Wildman–Crippen MR) is 72.4 cm³/mol. The predicted octanol–water partition coefficient (Wildman–Crippen LogP) is 0.717. The molecule has 0 aromatic heterocycles. The van der Waals surface area contributed by atoms with Crippen LogP contribution < -0.4 is 10.1 Å². The summed E-state index contributed by atoms with van der Waals surface area (Å²) < 4.78 is 26.0. The van der Waals surface area contributed by atoms with E-state index in [0.717, 1.165) is 17.1 Å². The Kier molecular flexibility index (Phi) is 3.80. The lowest BCUT2D eigenvalue weighted by Crippen LogP contribution is -2.46. The van der Waals surface area contributed by atoms with E-state index in [0.29, 0.717) is 5.70 Å². The van der Waals surface area contributed by atoms with Gasteiger partial charge in [0.2, 0.25) is 0 Å². The van der Waals surface area contributed by atoms with Crippen LogP contribution in [-0.4, -0.2) is 30.9 Å². The van der Waals surface area contributed by atoms with Crippen molar-refractivity contribution in [3.05, 3.63) is 46.2 Å². The van der Waals surface area contributed by atoms with Gasteiger partial charge in [-0.25, -0.2) is 22.9 Å². The van der Waals surface area contributed by atoms with E-state index < -0.39 is 31.6 Å². The zero-order valence-electron chi connectivity index (χ0n) is 10.9. The summed E-state index contributed by atoms with van der Waals surface area (Å²) in [7, 11) is -4.34. The normalized spacial score (nSPS) is 14.3. The van der Waals surface area contributed by atoms with Crippen LogP contribution >= 0.6 is 0 Å². The second-order valence-corrected chi connectivity index (χ2v) is 5.90. The molecule has 2 rings (SSSR count). The van der Waals surface area contributed by atoms with Gasteiger partial charge in [0.15, 0.2) is 4.90 Å². The van der Waals surface area contributed by atoms with Crippen molar-refractivity contribution in [3.63, 3.8) is 0 Å². The molecule has 0 saturated carbocycles. The zero-order chi connectivity index (χ0) is 15.6. The standard InChI is InChI=1S/C11H12N4O5S/c1-8-6-7-14(12-8)11(16)13-21(19,20)10-5-3-2-4-9(10)15(17)18/h2-6,12H,7H2,1H3,(H,13,16). The number of nitro benzene ring substituents is 1. The van der Waals surface area contributed by atoms with E-state index in [1.54, 1.807) is 17.7 Å². The van der Waals surface area contributed by atoms with Crippen LogP contribution in [0.3, 0.4) is 0 Å². The fourth-order valence-corrected chi connectivity index (χ4v) is 2.85. The highest BCUT2D eigenvalue weighted by Crippen LogP contribution is 2.22. The van der Waals surface area contributed by atoms with Gasteiger partial charge >= 0.3 is 6.03 Å². The molecule has 10 heteroatoms. The molecule has 21 heavy (non-hydrogen) atoms. The summed E-state index contributed by atoms with van der Waals surface area (Å²) in [5, 5.41) is 11.9. The Morgan fingerprint density at radius 2 is 2.10 bits per heavy atom. The van der Waals surface area contributed by atoms with E-state index >= 15 is 0 Å². The molecule has 0 bridgehead atoms. The molecule has 1 aromatic rings. The van der Waals surface area contributed by atoms with Crippen molar-refractivity contribution in [3.8, 4) is 0 Å². The SMILES string of the molecule is CC1=CCN(C(=O)NS(=O)(=O)c2ccccc2[N+](=O)[O-])N1. The molecule has 1 aromatic carbocycles. The minimum Gasteiger partial charge on any atom is -0.299 e. The Morgan fingerprint density at radius 1 is 1.43 bits per heavy atom. The molecular weight excluding hydrogens is 300 g/mol. The average molecular weight is 312 g/mol. The van der Waals surface area contributed by atoms with E-state index in [1.807, 2.05) is 0 Å². The van der Waals surface area contributed by atoms with Crippen molar-refractivity contribution < 1.29 is 18.1 Å². The number of carbonyl (C=O) groups excluding carboxylic acids is 1. The number of carbonyl (C=O) groups is 1. The first kappa shape index (κ1) is 14.8. The Morgan fingerprint density at radius 3 is 2.67 bits per heavy atom. The Balaban J connectivity index is 2.23. The molecule has 0 radical (unpaired) electrons. The van der Waals surface area contributed by atoms with Gasteiger partial charge in [0.1, 0.15) is 0 Å². The van der Waals surface area contributed by atoms with Gasteiger partial charge in [-0.3, -0.25) is 15.5 Å². The first-order valence-electron chi connectivity index (χ1n) is 5.82. The summed E-state index contributed by atoms with van der Waals surface area (Å²) in [4.78, 5) is 21.3. The maximum Gasteiger partial charge on any atom is 0.350 e. The Labute approximate surface area is 120 Å². The summed E-state index contributed by atoms with van der Waals surface area (Å²) in [6.07, 6.45) is 1.69. The number of para-hydroxylation sites is 1. The summed E-state index contributed by atoms with van der Waals surface area (Å²) in [5.41, 5.74) is 2.76. The van der Waals surface area contributed by atoms with Crippen LogP contribution in [0.5, 0.6) is 0 Å². The third kappa shape index (κ3) is 3.11. The second kappa shape index (κ2) is 5.40. The number of amides is 2. The van der Waals surface area contributed by atoms with E-state index in [9.17, 15) is 23.3 Å². The van der Waals surface area contributed by atoms with Gasteiger partial charge in [-0.15, -0.1) is 0 Å². The Hall–Kier alpha value is -2.62. The lowest BCUT2D eigenvalue weighted by atomic mass is 10.3. The van der Waals surface area contributed by atoms with Crippen molar-refractivity contribution in [2.45, 2.75) is 11.8 Å². The zero-order valence-corrected chi connectivity index (χ0v) is 11.8. The van der Waals surface area contributed by atoms with Crippen molar-refractivity contribution in [1.82, 2.24) is 15.2 Å². The number of rotatable bonds is 3. The molecule has 0 atom stereocenters. The number of urea groups is 1. The molecule has 1 aliphatic heterocycles. The van der Waals surface area contributed by atoms with Gasteiger partial charge in [0.25, 0.3) is 15.7 Å². The summed E-state index contributed by atoms with van der Waals surface area (Å²) in [5.74, 6) is 0. The van der Waals surface area contributed by atoms with Gasteiger partial charge in [-0.05, 0) is 19.1 Å². The third-order valence-corrected chi connectivity index (χ3v) is 4.08. The molecule has 112 valence electrons. The molecule has 2 N–H and O–H groups in total. The van der Waals surface area contributed by atoms with Crippen molar-refractivity contribution in [2.24, 2.45) is 0 Å². The number of nitrogens with one attached hydrogen (secondary N) is 2. The fourth-order valence-electron chi connectivity index (χ4n) is 1.73. The number of sulfonamides is 1. The minimum absolute atomic E-state index is 0.198. The number of hydrogen-bond donors (Lipinski definition) is 2. The molecule has 2 amide bonds. The molecule has 0 fully saturated rings. The second-order valence-electron chi connectivity index (χ2n) is 4.25. The van der Waals surface area contributed by atoms with Crippen LogP contribution in [0.1, 0.15) is 6.92 Å². The Bertz CT molecular complexity index is 728. The molecular formula is C11H12N4O5S. The first-order valence-corrected chi connectivity index (χ1v) is 7.31. The third-order valence-electron chi connectivity index (χ3n) is 2.71. The summed E-state index contributed by atoms with van der Waals surface area (Å²) in [6.45, 7) is 1.91. The highest BCUT2D eigenvalue weighted by molar-refractivity contribution is 7.90. The quantitative estimate of drug-likeness (QED) is 0.626. The molecule has 1 heterocycles. The maximum atomic E-state index is 12.1. The van der Waals surface area contributed by atoms with Crippen LogP contribution in [0.2, 0.25) is 0 Å². The molecule has 0 saturated heterocycles. The highest BCUT2D eigenvalue weighted by Gasteiger charge is 2.29. The number of nitrogens with zero attached hydrogens (tertiary/aromatic N) is 2. The van der Waals surface area contributed by atoms with Crippen LogP contribution in [0.25, 0.3) is 0 Å². The number of benzene rings is 1. The van der Waals surface area contributed by atoms with E-state index in [2.05, 4.69) is 5.43 Å². The number of hydrazine groups is 1. The largest absolute Gasteiger partial charge is 0.350 e. The van der Waals surface area contributed by atoms with Crippen molar-refractivity contribution in [1.29, 1.82) is 0 Å². The van der Waals surface area contributed by atoms with Crippen molar-refractivity contribution in [2.75, 3.05) is 6.54 Å². The summed E-state index contributed by atoms with van der Waals surface area (Å²) in [6, 6.07) is 3.88. The molecule has 9 nitrogen and oxygen atoms in total. The van der Waals surface area contributed by atoms with Crippen LogP contribution in [0.15, 0.2) is 40.9 Å². The van der Waals surface area contributed by atoms with E-state index in [1.165, 1.54) is 12.1 Å². The lowest BCUT2D eigenvalue weighted by Gasteiger charge is -2.18.